The minimum Gasteiger partial charge on any atom is -0.497 e. The highest BCUT2D eigenvalue weighted by molar-refractivity contribution is 5.87. The lowest BCUT2D eigenvalue weighted by molar-refractivity contribution is -0.161. The molecule has 45 heavy (non-hydrogen) atoms. The van der Waals surface area contributed by atoms with Crippen LogP contribution in [0.4, 0.5) is 5.82 Å². The fourth-order valence-corrected chi connectivity index (χ4v) is 7.93. The van der Waals surface area contributed by atoms with Gasteiger partial charge in [0.2, 0.25) is 0 Å². The third kappa shape index (κ3) is 6.42. The van der Waals surface area contributed by atoms with Crippen molar-refractivity contribution in [3.63, 3.8) is 0 Å². The van der Waals surface area contributed by atoms with E-state index in [-0.39, 0.29) is 24.7 Å². The van der Waals surface area contributed by atoms with E-state index in [1.165, 1.54) is 24.0 Å². The lowest BCUT2D eigenvalue weighted by atomic mass is 9.76. The van der Waals surface area contributed by atoms with Crippen LogP contribution in [-0.2, 0) is 20.8 Å². The Kier molecular flexibility index (Phi) is 8.25. The second kappa shape index (κ2) is 12.2. The summed E-state index contributed by atoms with van der Waals surface area (Å²) in [6.07, 6.45) is 10.7. The molecule has 3 aromatic rings. The van der Waals surface area contributed by atoms with E-state index in [1.807, 2.05) is 19.9 Å². The van der Waals surface area contributed by atoms with E-state index in [0.29, 0.717) is 24.4 Å². The normalized spacial score (nSPS) is 28.7. The maximum Gasteiger partial charge on any atom is 0.303 e. The number of hydrogen-bond acceptors (Lipinski definition) is 8. The molecule has 3 saturated carbocycles. The van der Waals surface area contributed by atoms with Crippen LogP contribution in [0.2, 0.25) is 0 Å². The quantitative estimate of drug-likeness (QED) is 0.246. The monoisotopic (exact) mass is 617 g/mol. The lowest BCUT2D eigenvalue weighted by Crippen LogP contribution is -2.48. The van der Waals surface area contributed by atoms with Gasteiger partial charge in [0.15, 0.2) is 5.79 Å². The minimum atomic E-state index is -0.685. The molecule has 2 N–H and O–H groups in total. The third-order valence-corrected chi connectivity index (χ3v) is 10.6. The summed E-state index contributed by atoms with van der Waals surface area (Å²) in [5.74, 6) is 2.03. The van der Waals surface area contributed by atoms with Gasteiger partial charge in [0, 0.05) is 44.2 Å². The Balaban J connectivity index is 1.08. The van der Waals surface area contributed by atoms with Gasteiger partial charge in [-0.1, -0.05) is 6.07 Å². The molecule has 4 aliphatic rings. The van der Waals surface area contributed by atoms with Crippen LogP contribution in [0.3, 0.4) is 0 Å². The Morgan fingerprint density at radius 2 is 1.91 bits per heavy atom. The zero-order valence-electron chi connectivity index (χ0n) is 26.9. The van der Waals surface area contributed by atoms with E-state index in [1.54, 1.807) is 13.4 Å². The SMILES string of the molecule is COc1ccc(CNc2ncnc3c2ccn3[C@@H]2C[C@H](CN(CC3CC3)C3CC(CCC(=O)O)C3)[C@H]3OC(C)(C)O[C@H]32)c(C)c1. The van der Waals surface area contributed by atoms with E-state index in [0.717, 1.165) is 67.3 Å². The number of rotatable bonds is 13. The van der Waals surface area contributed by atoms with Gasteiger partial charge in [0.05, 0.1) is 24.6 Å². The Hall–Kier alpha value is -3.21. The topological polar surface area (TPSA) is 111 Å². The summed E-state index contributed by atoms with van der Waals surface area (Å²) < 4.78 is 20.9. The van der Waals surface area contributed by atoms with Crippen LogP contribution >= 0.6 is 0 Å². The summed E-state index contributed by atoms with van der Waals surface area (Å²) in [4.78, 5) is 23.2. The Bertz CT molecular complexity index is 1530. The molecular weight excluding hydrogens is 570 g/mol. The highest BCUT2D eigenvalue weighted by Gasteiger charge is 2.55. The molecule has 0 spiro atoms. The van der Waals surface area contributed by atoms with Crippen molar-refractivity contribution in [1.82, 2.24) is 19.4 Å². The Morgan fingerprint density at radius 1 is 1.11 bits per heavy atom. The number of carboxylic acids is 1. The molecule has 1 aromatic carbocycles. The van der Waals surface area contributed by atoms with E-state index in [9.17, 15) is 4.79 Å². The molecular formula is C35H47N5O5. The smallest absolute Gasteiger partial charge is 0.303 e. The van der Waals surface area contributed by atoms with E-state index < -0.39 is 11.8 Å². The Labute approximate surface area is 265 Å². The van der Waals surface area contributed by atoms with Crippen LogP contribution in [-0.4, -0.2) is 74.7 Å². The summed E-state index contributed by atoms with van der Waals surface area (Å²) in [6, 6.07) is 8.90. The van der Waals surface area contributed by atoms with Crippen molar-refractivity contribution >= 4 is 22.8 Å². The molecule has 7 rings (SSSR count). The summed E-state index contributed by atoms with van der Waals surface area (Å²) >= 11 is 0. The summed E-state index contributed by atoms with van der Waals surface area (Å²) in [7, 11) is 1.69. The number of nitrogens with one attached hydrogen (secondary N) is 1. The number of methoxy groups -OCH3 is 1. The van der Waals surface area contributed by atoms with Gasteiger partial charge in [0.1, 0.15) is 29.6 Å². The van der Waals surface area contributed by atoms with Gasteiger partial charge in [-0.15, -0.1) is 0 Å². The third-order valence-electron chi connectivity index (χ3n) is 10.6. The fraction of sp³-hybridized carbons (Fsp3) is 0.629. The van der Waals surface area contributed by atoms with Crippen LogP contribution in [0.1, 0.15) is 76.0 Å². The van der Waals surface area contributed by atoms with Crippen molar-refractivity contribution in [3.05, 3.63) is 47.9 Å². The number of aryl methyl sites for hydroxylation is 1. The molecule has 0 unspecified atom stereocenters. The van der Waals surface area contributed by atoms with E-state index in [4.69, 9.17) is 24.3 Å². The van der Waals surface area contributed by atoms with Crippen molar-refractivity contribution in [1.29, 1.82) is 0 Å². The molecule has 4 fully saturated rings. The van der Waals surface area contributed by atoms with Crippen molar-refractivity contribution in [2.75, 3.05) is 25.5 Å². The number of benzene rings is 1. The maximum absolute atomic E-state index is 11.1. The van der Waals surface area contributed by atoms with Crippen LogP contribution in [0.15, 0.2) is 36.8 Å². The second-order valence-electron chi connectivity index (χ2n) is 14.3. The number of nitrogens with zero attached hydrogens (tertiary/aromatic N) is 4. The maximum atomic E-state index is 11.1. The standard InChI is InChI=1S/C35H47N5O5/c1-21-13-27(43-4)9-8-24(21)17-36-33-28-11-12-40(34(28)38-20-37-33)29-16-25(31-32(29)45-35(2,3)44-31)19-39(18-22-5-6-22)26-14-23(15-26)7-10-30(41)42/h8-9,11-13,20,22-23,25-26,29,31-32H,5-7,10,14-19H2,1-4H3,(H,41,42)(H,36,37,38)/t23?,25-,26?,29-,31-,32+/m1/s1. The number of fused-ring (bicyclic) bond motifs is 2. The molecule has 4 atom stereocenters. The van der Waals surface area contributed by atoms with Gasteiger partial charge in [-0.05, 0) is 100 Å². The molecule has 1 saturated heterocycles. The van der Waals surface area contributed by atoms with E-state index in [2.05, 4.69) is 51.1 Å². The van der Waals surface area contributed by atoms with Crippen LogP contribution < -0.4 is 10.1 Å². The number of aliphatic carboxylic acids is 1. The van der Waals surface area contributed by atoms with Crippen molar-refractivity contribution in [2.45, 2.75) is 102 Å². The molecule has 242 valence electrons. The first-order valence-corrected chi connectivity index (χ1v) is 16.7. The van der Waals surface area contributed by atoms with Crippen molar-refractivity contribution in [3.8, 4) is 5.75 Å². The average molecular weight is 618 g/mol. The average Bonchev–Trinajstić information content (AvgIpc) is 3.47. The van der Waals surface area contributed by atoms with Gasteiger partial charge in [0.25, 0.3) is 0 Å². The lowest BCUT2D eigenvalue weighted by Gasteiger charge is -2.44. The van der Waals surface area contributed by atoms with Gasteiger partial charge >= 0.3 is 5.97 Å². The second-order valence-corrected chi connectivity index (χ2v) is 14.3. The summed E-state index contributed by atoms with van der Waals surface area (Å²) in [5.41, 5.74) is 3.27. The molecule has 10 nitrogen and oxygen atoms in total. The molecule has 10 heteroatoms. The first-order valence-electron chi connectivity index (χ1n) is 16.7. The van der Waals surface area contributed by atoms with Gasteiger partial charge in [-0.3, -0.25) is 9.69 Å². The largest absolute Gasteiger partial charge is 0.497 e. The number of carboxylic acid groups (broad SMARTS) is 1. The summed E-state index contributed by atoms with van der Waals surface area (Å²) in [6.45, 7) is 8.94. The van der Waals surface area contributed by atoms with Gasteiger partial charge in [-0.25, -0.2) is 9.97 Å². The van der Waals surface area contributed by atoms with Crippen LogP contribution in [0.25, 0.3) is 11.0 Å². The minimum absolute atomic E-state index is 0.0181. The van der Waals surface area contributed by atoms with Crippen molar-refractivity contribution < 1.29 is 24.1 Å². The number of carbonyl (C=O) groups is 1. The predicted molar refractivity (Wildman–Crippen MR) is 171 cm³/mol. The van der Waals surface area contributed by atoms with Crippen LogP contribution in [0.5, 0.6) is 5.75 Å². The zero-order valence-corrected chi connectivity index (χ0v) is 26.9. The fourth-order valence-electron chi connectivity index (χ4n) is 7.93. The van der Waals surface area contributed by atoms with Gasteiger partial charge in [-0.2, -0.15) is 0 Å². The molecule has 1 aliphatic heterocycles. The van der Waals surface area contributed by atoms with E-state index >= 15 is 0 Å². The first kappa shape index (κ1) is 30.4. The highest BCUT2D eigenvalue weighted by Crippen LogP contribution is 2.49. The molecule has 2 aromatic heterocycles. The number of hydrogen-bond donors (Lipinski definition) is 2. The zero-order chi connectivity index (χ0) is 31.3. The van der Waals surface area contributed by atoms with Crippen molar-refractivity contribution in [2.24, 2.45) is 17.8 Å². The molecule has 3 aliphatic carbocycles. The Morgan fingerprint density at radius 3 is 2.64 bits per heavy atom. The number of anilines is 1. The molecule has 0 amide bonds. The van der Waals surface area contributed by atoms with Crippen LogP contribution in [0, 0.1) is 24.7 Å². The predicted octanol–water partition coefficient (Wildman–Crippen LogP) is 5.80. The molecule has 0 radical (unpaired) electrons. The molecule has 0 bridgehead atoms. The molecule has 3 heterocycles. The van der Waals surface area contributed by atoms with Gasteiger partial charge < -0.3 is 29.2 Å². The number of aromatic nitrogens is 3. The number of ether oxygens (including phenoxy) is 3. The summed E-state index contributed by atoms with van der Waals surface area (Å²) in [5, 5.41) is 13.7. The highest BCUT2D eigenvalue weighted by atomic mass is 16.8. The first-order chi connectivity index (χ1) is 21.7.